The minimum absolute atomic E-state index is 0.0922. The van der Waals surface area contributed by atoms with E-state index in [-0.39, 0.29) is 23.9 Å². The average molecular weight is 274 g/mol. The van der Waals surface area contributed by atoms with Gasteiger partial charge in [-0.05, 0) is 30.9 Å². The number of carbonyl (C=O) groups excluding carboxylic acids is 2. The molecule has 1 aliphatic heterocycles. The zero-order valence-corrected chi connectivity index (χ0v) is 12.1. The molecule has 20 heavy (non-hydrogen) atoms. The van der Waals surface area contributed by atoms with Crippen LogP contribution in [0.1, 0.15) is 50.3 Å². The number of amides is 2. The first-order valence-corrected chi connectivity index (χ1v) is 7.28. The van der Waals surface area contributed by atoms with Gasteiger partial charge in [0.2, 0.25) is 11.8 Å². The van der Waals surface area contributed by atoms with Crippen molar-refractivity contribution in [3.63, 3.8) is 0 Å². The zero-order valence-electron chi connectivity index (χ0n) is 12.1. The number of aryl methyl sites for hydroxylation is 1. The molecule has 0 aliphatic carbocycles. The lowest BCUT2D eigenvalue weighted by molar-refractivity contribution is -0.134. The van der Waals surface area contributed by atoms with Crippen molar-refractivity contribution in [2.24, 2.45) is 0 Å². The second-order valence-corrected chi connectivity index (χ2v) is 5.38. The smallest absolute Gasteiger partial charge is 0.243 e. The van der Waals surface area contributed by atoms with E-state index in [0.29, 0.717) is 12.8 Å². The minimum atomic E-state index is -0.280. The van der Waals surface area contributed by atoms with Gasteiger partial charge in [0, 0.05) is 12.5 Å². The molecule has 2 unspecified atom stereocenters. The predicted octanol–water partition coefficient (Wildman–Crippen LogP) is 2.09. The fourth-order valence-electron chi connectivity index (χ4n) is 2.51. The van der Waals surface area contributed by atoms with Crippen LogP contribution < -0.4 is 10.6 Å². The summed E-state index contributed by atoms with van der Waals surface area (Å²) in [7, 11) is 0. The van der Waals surface area contributed by atoms with Crippen LogP contribution in [0.4, 0.5) is 0 Å². The van der Waals surface area contributed by atoms with Crippen LogP contribution in [0.3, 0.4) is 0 Å². The molecule has 1 heterocycles. The second-order valence-electron chi connectivity index (χ2n) is 5.38. The van der Waals surface area contributed by atoms with Crippen LogP contribution in [0.15, 0.2) is 24.3 Å². The Balaban J connectivity index is 1.95. The molecule has 4 nitrogen and oxygen atoms in total. The van der Waals surface area contributed by atoms with E-state index in [1.807, 2.05) is 6.92 Å². The van der Waals surface area contributed by atoms with Crippen LogP contribution >= 0.6 is 0 Å². The van der Waals surface area contributed by atoms with Gasteiger partial charge in [-0.25, -0.2) is 0 Å². The summed E-state index contributed by atoms with van der Waals surface area (Å²) in [6.07, 6.45) is 3.22. The van der Waals surface area contributed by atoms with Crippen LogP contribution in [-0.4, -0.2) is 17.9 Å². The van der Waals surface area contributed by atoms with E-state index < -0.39 is 0 Å². The Morgan fingerprint density at radius 3 is 2.60 bits per heavy atom. The Kier molecular flexibility index (Phi) is 4.90. The molecule has 1 aromatic rings. The molecule has 0 saturated carbocycles. The van der Waals surface area contributed by atoms with E-state index in [2.05, 4.69) is 41.8 Å². The highest BCUT2D eigenvalue weighted by molar-refractivity contribution is 6.00. The molecule has 1 aromatic carbocycles. The van der Waals surface area contributed by atoms with Gasteiger partial charge in [-0.2, -0.15) is 0 Å². The van der Waals surface area contributed by atoms with Crippen molar-refractivity contribution in [2.45, 2.75) is 51.6 Å². The SMILES string of the molecule is CCCc1ccc(C(C)NC2CCC(=O)NC2=O)cc1. The third-order valence-corrected chi connectivity index (χ3v) is 3.71. The van der Waals surface area contributed by atoms with Crippen molar-refractivity contribution in [2.75, 3.05) is 0 Å². The Labute approximate surface area is 119 Å². The maximum Gasteiger partial charge on any atom is 0.243 e. The number of hydrogen-bond donors (Lipinski definition) is 2. The summed E-state index contributed by atoms with van der Waals surface area (Å²) in [5.74, 6) is -0.389. The molecule has 1 saturated heterocycles. The number of imide groups is 1. The Morgan fingerprint density at radius 2 is 2.00 bits per heavy atom. The topological polar surface area (TPSA) is 58.2 Å². The zero-order chi connectivity index (χ0) is 14.5. The Hall–Kier alpha value is -1.68. The van der Waals surface area contributed by atoms with Gasteiger partial charge in [0.05, 0.1) is 6.04 Å². The molecule has 1 aliphatic rings. The van der Waals surface area contributed by atoms with Crippen molar-refractivity contribution in [1.29, 1.82) is 0 Å². The lowest BCUT2D eigenvalue weighted by Crippen LogP contribution is -2.51. The Morgan fingerprint density at radius 1 is 1.30 bits per heavy atom. The van der Waals surface area contributed by atoms with Gasteiger partial charge >= 0.3 is 0 Å². The largest absolute Gasteiger partial charge is 0.299 e. The van der Waals surface area contributed by atoms with Crippen LogP contribution in [0.25, 0.3) is 0 Å². The van der Waals surface area contributed by atoms with Gasteiger partial charge in [-0.1, -0.05) is 37.6 Å². The molecule has 2 N–H and O–H groups in total. The summed E-state index contributed by atoms with van der Waals surface area (Å²) in [4.78, 5) is 22.8. The summed E-state index contributed by atoms with van der Waals surface area (Å²) in [6.45, 7) is 4.21. The number of carbonyl (C=O) groups is 2. The summed E-state index contributed by atoms with van der Waals surface area (Å²) in [5, 5.41) is 5.66. The molecule has 0 spiro atoms. The molecular weight excluding hydrogens is 252 g/mol. The molecular formula is C16H22N2O2. The number of nitrogens with one attached hydrogen (secondary N) is 2. The van der Waals surface area contributed by atoms with Gasteiger partial charge in [-0.15, -0.1) is 0 Å². The summed E-state index contributed by atoms with van der Waals surface area (Å²) in [5.41, 5.74) is 2.50. The highest BCUT2D eigenvalue weighted by atomic mass is 16.2. The fraction of sp³-hybridized carbons (Fsp3) is 0.500. The third-order valence-electron chi connectivity index (χ3n) is 3.71. The molecule has 2 atom stereocenters. The average Bonchev–Trinajstić information content (AvgIpc) is 2.43. The molecule has 2 amide bonds. The molecule has 0 radical (unpaired) electrons. The molecule has 1 fully saturated rings. The normalized spacial score (nSPS) is 20.6. The molecule has 0 bridgehead atoms. The maximum atomic E-state index is 11.7. The van der Waals surface area contributed by atoms with Gasteiger partial charge in [0.1, 0.15) is 0 Å². The molecule has 2 rings (SSSR count). The fourth-order valence-corrected chi connectivity index (χ4v) is 2.51. The Bertz CT molecular complexity index is 482. The molecule has 4 heteroatoms. The quantitative estimate of drug-likeness (QED) is 0.808. The number of rotatable bonds is 5. The van der Waals surface area contributed by atoms with Gasteiger partial charge in [-0.3, -0.25) is 20.2 Å². The van der Waals surface area contributed by atoms with E-state index >= 15 is 0 Å². The first kappa shape index (κ1) is 14.7. The second kappa shape index (κ2) is 6.66. The number of benzene rings is 1. The minimum Gasteiger partial charge on any atom is -0.299 e. The predicted molar refractivity (Wildman–Crippen MR) is 78.2 cm³/mol. The van der Waals surface area contributed by atoms with E-state index in [4.69, 9.17) is 0 Å². The summed E-state index contributed by atoms with van der Waals surface area (Å²) < 4.78 is 0. The van der Waals surface area contributed by atoms with Gasteiger partial charge < -0.3 is 0 Å². The van der Waals surface area contributed by atoms with E-state index in [1.54, 1.807) is 0 Å². The first-order valence-electron chi connectivity index (χ1n) is 7.28. The highest BCUT2D eigenvalue weighted by Gasteiger charge is 2.27. The van der Waals surface area contributed by atoms with Crippen molar-refractivity contribution < 1.29 is 9.59 Å². The van der Waals surface area contributed by atoms with Gasteiger partial charge in [0.25, 0.3) is 0 Å². The van der Waals surface area contributed by atoms with Crippen LogP contribution in [-0.2, 0) is 16.0 Å². The first-order chi connectivity index (χ1) is 9.60. The molecule has 108 valence electrons. The van der Waals surface area contributed by atoms with Crippen molar-refractivity contribution >= 4 is 11.8 Å². The summed E-state index contributed by atoms with van der Waals surface area (Å²) in [6, 6.07) is 8.30. The standard InChI is InChI=1S/C16H22N2O2/c1-3-4-12-5-7-13(8-6-12)11(2)17-14-9-10-15(19)18-16(14)20/h5-8,11,14,17H,3-4,9-10H2,1-2H3,(H,18,19,20). The number of hydrogen-bond acceptors (Lipinski definition) is 3. The summed E-state index contributed by atoms with van der Waals surface area (Å²) >= 11 is 0. The highest BCUT2D eigenvalue weighted by Crippen LogP contribution is 2.17. The lowest BCUT2D eigenvalue weighted by Gasteiger charge is -2.25. The molecule has 0 aromatic heterocycles. The number of piperidine rings is 1. The van der Waals surface area contributed by atoms with E-state index in [1.165, 1.54) is 5.56 Å². The van der Waals surface area contributed by atoms with Crippen LogP contribution in [0.2, 0.25) is 0 Å². The van der Waals surface area contributed by atoms with Crippen molar-refractivity contribution in [3.05, 3.63) is 35.4 Å². The van der Waals surface area contributed by atoms with Crippen LogP contribution in [0, 0.1) is 0 Å². The lowest BCUT2D eigenvalue weighted by atomic mass is 10.0. The van der Waals surface area contributed by atoms with E-state index in [0.717, 1.165) is 18.4 Å². The monoisotopic (exact) mass is 274 g/mol. The third kappa shape index (κ3) is 3.67. The van der Waals surface area contributed by atoms with Crippen LogP contribution in [0.5, 0.6) is 0 Å². The van der Waals surface area contributed by atoms with E-state index in [9.17, 15) is 9.59 Å². The van der Waals surface area contributed by atoms with Crippen molar-refractivity contribution in [3.8, 4) is 0 Å². The van der Waals surface area contributed by atoms with Gasteiger partial charge in [0.15, 0.2) is 0 Å². The van der Waals surface area contributed by atoms with Crippen molar-refractivity contribution in [1.82, 2.24) is 10.6 Å². The maximum absolute atomic E-state index is 11.7.